The van der Waals surface area contributed by atoms with E-state index >= 15 is 0 Å². The molecule has 0 amide bonds. The number of phenols is 1. The Morgan fingerprint density at radius 1 is 0.757 bits per heavy atom. The SMILES string of the molecule is Oc1ccc(CCNc2nc(NCc3ccccc3Cl)nc(N3CCN(c4ncccn4)CC3)n2)cc1. The van der Waals surface area contributed by atoms with Crippen LogP contribution >= 0.6 is 11.6 Å². The van der Waals surface area contributed by atoms with E-state index < -0.39 is 0 Å². The highest BCUT2D eigenvalue weighted by Crippen LogP contribution is 2.20. The van der Waals surface area contributed by atoms with Gasteiger partial charge in [0.2, 0.25) is 23.8 Å². The zero-order valence-corrected chi connectivity index (χ0v) is 21.0. The summed E-state index contributed by atoms with van der Waals surface area (Å²) in [6, 6.07) is 16.7. The number of hydrogen-bond acceptors (Lipinski definition) is 10. The summed E-state index contributed by atoms with van der Waals surface area (Å²) in [5, 5.41) is 16.8. The highest BCUT2D eigenvalue weighted by molar-refractivity contribution is 6.31. The van der Waals surface area contributed by atoms with Crippen LogP contribution in [0.5, 0.6) is 5.75 Å². The van der Waals surface area contributed by atoms with Crippen LogP contribution in [0.15, 0.2) is 67.0 Å². The Hall–Kier alpha value is -4.18. The smallest absolute Gasteiger partial charge is 0.232 e. The van der Waals surface area contributed by atoms with E-state index in [2.05, 4.69) is 35.4 Å². The van der Waals surface area contributed by atoms with E-state index in [0.29, 0.717) is 36.0 Å². The second kappa shape index (κ2) is 11.7. The van der Waals surface area contributed by atoms with Crippen molar-refractivity contribution in [2.24, 2.45) is 0 Å². The van der Waals surface area contributed by atoms with Gasteiger partial charge in [-0.25, -0.2) is 9.97 Å². The summed E-state index contributed by atoms with van der Waals surface area (Å²) in [6.45, 7) is 4.13. The lowest BCUT2D eigenvalue weighted by Gasteiger charge is -2.34. The maximum Gasteiger partial charge on any atom is 0.232 e. The number of hydrogen-bond donors (Lipinski definition) is 3. The minimum absolute atomic E-state index is 0.256. The van der Waals surface area contributed by atoms with Crippen molar-refractivity contribution >= 4 is 35.4 Å². The second-order valence-corrected chi connectivity index (χ2v) is 9.00. The van der Waals surface area contributed by atoms with Crippen molar-refractivity contribution in [3.63, 3.8) is 0 Å². The van der Waals surface area contributed by atoms with Crippen LogP contribution in [0.2, 0.25) is 5.02 Å². The fourth-order valence-electron chi connectivity index (χ4n) is 4.02. The minimum atomic E-state index is 0.256. The quantitative estimate of drug-likeness (QED) is 0.304. The van der Waals surface area contributed by atoms with E-state index in [1.807, 2.05) is 42.5 Å². The average Bonchev–Trinajstić information content (AvgIpc) is 2.94. The van der Waals surface area contributed by atoms with Crippen LogP contribution in [0.4, 0.5) is 23.8 Å². The Bertz CT molecular complexity index is 1300. The Morgan fingerprint density at radius 3 is 2.11 bits per heavy atom. The number of anilines is 4. The Labute approximate surface area is 220 Å². The molecule has 0 unspecified atom stereocenters. The summed E-state index contributed by atoms with van der Waals surface area (Å²) in [4.78, 5) is 27.0. The molecule has 190 valence electrons. The molecule has 0 bridgehead atoms. The van der Waals surface area contributed by atoms with Crippen molar-refractivity contribution in [2.45, 2.75) is 13.0 Å². The van der Waals surface area contributed by atoms with Gasteiger partial charge in [0.05, 0.1) is 0 Å². The molecule has 0 atom stereocenters. The fraction of sp³-hybridized carbons (Fsp3) is 0.269. The van der Waals surface area contributed by atoms with Crippen molar-refractivity contribution in [3.8, 4) is 5.75 Å². The summed E-state index contributed by atoms with van der Waals surface area (Å²) in [7, 11) is 0. The highest BCUT2D eigenvalue weighted by Gasteiger charge is 2.22. The second-order valence-electron chi connectivity index (χ2n) is 8.59. The number of aromatic nitrogens is 5. The maximum atomic E-state index is 9.50. The van der Waals surface area contributed by atoms with Crippen LogP contribution < -0.4 is 20.4 Å². The monoisotopic (exact) mass is 517 g/mol. The zero-order valence-electron chi connectivity index (χ0n) is 20.3. The van der Waals surface area contributed by atoms with E-state index in [-0.39, 0.29) is 5.75 Å². The summed E-state index contributed by atoms with van der Waals surface area (Å²) in [6.07, 6.45) is 4.28. The third-order valence-electron chi connectivity index (χ3n) is 6.05. The summed E-state index contributed by atoms with van der Waals surface area (Å²) >= 11 is 6.33. The van der Waals surface area contributed by atoms with Gasteiger partial charge in [0.15, 0.2) is 0 Å². The number of nitrogens with zero attached hydrogens (tertiary/aromatic N) is 7. The normalized spacial score (nSPS) is 13.4. The first-order valence-corrected chi connectivity index (χ1v) is 12.5. The molecule has 0 aliphatic carbocycles. The Balaban J connectivity index is 1.29. The lowest BCUT2D eigenvalue weighted by Crippen LogP contribution is -2.47. The van der Waals surface area contributed by atoms with Gasteiger partial charge in [-0.2, -0.15) is 15.0 Å². The van der Waals surface area contributed by atoms with E-state index in [0.717, 1.165) is 49.7 Å². The molecule has 3 heterocycles. The van der Waals surface area contributed by atoms with Gasteiger partial charge in [0.25, 0.3) is 0 Å². The summed E-state index contributed by atoms with van der Waals surface area (Å²) in [5.41, 5.74) is 2.07. The maximum absolute atomic E-state index is 9.50. The molecule has 0 saturated carbocycles. The minimum Gasteiger partial charge on any atom is -0.508 e. The molecular formula is C26H28ClN9O. The first-order valence-electron chi connectivity index (χ1n) is 12.2. The van der Waals surface area contributed by atoms with Gasteiger partial charge in [-0.3, -0.25) is 0 Å². The van der Waals surface area contributed by atoms with Crippen LogP contribution in [-0.4, -0.2) is 62.8 Å². The Morgan fingerprint density at radius 2 is 1.41 bits per heavy atom. The van der Waals surface area contributed by atoms with E-state index in [1.54, 1.807) is 24.5 Å². The summed E-state index contributed by atoms with van der Waals surface area (Å²) < 4.78 is 0. The van der Waals surface area contributed by atoms with Gasteiger partial charge in [-0.05, 0) is 41.8 Å². The highest BCUT2D eigenvalue weighted by atomic mass is 35.5. The van der Waals surface area contributed by atoms with Gasteiger partial charge < -0.3 is 25.5 Å². The average molecular weight is 518 g/mol. The van der Waals surface area contributed by atoms with Crippen LogP contribution in [0.1, 0.15) is 11.1 Å². The zero-order chi connectivity index (χ0) is 25.5. The molecular weight excluding hydrogens is 490 g/mol. The van der Waals surface area contributed by atoms with Crippen molar-refractivity contribution in [2.75, 3.05) is 53.2 Å². The molecule has 1 fully saturated rings. The number of aromatic hydroxyl groups is 1. The van der Waals surface area contributed by atoms with Crippen molar-refractivity contribution in [1.82, 2.24) is 24.9 Å². The standard InChI is InChI=1S/C26H28ClN9O/c27-22-5-2-1-4-20(22)18-31-24-32-23(28-13-10-19-6-8-21(37)9-7-19)33-26(34-24)36-16-14-35(15-17-36)25-29-11-3-12-30-25/h1-9,11-12,37H,10,13-18H2,(H2,28,31,32,33,34). The molecule has 2 aromatic carbocycles. The number of halogens is 1. The first kappa shape index (κ1) is 24.5. The number of piperazine rings is 1. The molecule has 4 aromatic rings. The number of benzene rings is 2. The molecule has 0 radical (unpaired) electrons. The topological polar surface area (TPSA) is 115 Å². The van der Waals surface area contributed by atoms with Gasteiger partial charge in [0, 0.05) is 56.7 Å². The van der Waals surface area contributed by atoms with Crippen LogP contribution in [0.25, 0.3) is 0 Å². The molecule has 37 heavy (non-hydrogen) atoms. The van der Waals surface area contributed by atoms with Crippen LogP contribution in [0, 0.1) is 0 Å². The van der Waals surface area contributed by atoms with Crippen molar-refractivity contribution < 1.29 is 5.11 Å². The van der Waals surface area contributed by atoms with Gasteiger partial charge in [-0.15, -0.1) is 0 Å². The van der Waals surface area contributed by atoms with E-state index in [1.165, 1.54) is 0 Å². The molecule has 2 aromatic heterocycles. The molecule has 11 heteroatoms. The van der Waals surface area contributed by atoms with Gasteiger partial charge in [0.1, 0.15) is 5.75 Å². The molecule has 5 rings (SSSR count). The fourth-order valence-corrected chi connectivity index (χ4v) is 4.23. The van der Waals surface area contributed by atoms with Gasteiger partial charge in [-0.1, -0.05) is 41.9 Å². The molecule has 10 nitrogen and oxygen atoms in total. The molecule has 3 N–H and O–H groups in total. The molecule has 1 aliphatic rings. The molecule has 1 saturated heterocycles. The predicted molar refractivity (Wildman–Crippen MR) is 145 cm³/mol. The van der Waals surface area contributed by atoms with Crippen LogP contribution in [0.3, 0.4) is 0 Å². The first-order chi connectivity index (χ1) is 18.1. The number of phenolic OH excluding ortho intramolecular Hbond substituents is 1. The van der Waals surface area contributed by atoms with Crippen molar-refractivity contribution in [3.05, 3.63) is 83.1 Å². The lowest BCUT2D eigenvalue weighted by atomic mass is 10.1. The summed E-state index contributed by atoms with van der Waals surface area (Å²) in [5.74, 6) is 2.58. The predicted octanol–water partition coefficient (Wildman–Crippen LogP) is 3.61. The largest absolute Gasteiger partial charge is 0.508 e. The van der Waals surface area contributed by atoms with Gasteiger partial charge >= 0.3 is 0 Å². The number of nitrogens with one attached hydrogen (secondary N) is 2. The van der Waals surface area contributed by atoms with E-state index in [9.17, 15) is 5.11 Å². The van der Waals surface area contributed by atoms with Crippen molar-refractivity contribution in [1.29, 1.82) is 0 Å². The van der Waals surface area contributed by atoms with Crippen LogP contribution in [-0.2, 0) is 13.0 Å². The third kappa shape index (κ3) is 6.53. The lowest BCUT2D eigenvalue weighted by molar-refractivity contribution is 0.475. The van der Waals surface area contributed by atoms with E-state index in [4.69, 9.17) is 21.6 Å². The third-order valence-corrected chi connectivity index (χ3v) is 6.42. The molecule has 1 aliphatic heterocycles. The number of rotatable bonds is 9. The Kier molecular flexibility index (Phi) is 7.75. The molecule has 0 spiro atoms.